The zero-order valence-corrected chi connectivity index (χ0v) is 11.5. The first-order valence-corrected chi connectivity index (χ1v) is 6.02. The Morgan fingerprint density at radius 2 is 2.22 bits per heavy atom. The van der Waals surface area contributed by atoms with Crippen molar-refractivity contribution < 1.29 is 13.9 Å². The number of carbonyl (C=O) groups is 1. The van der Waals surface area contributed by atoms with Crippen molar-refractivity contribution >= 4 is 17.6 Å². The van der Waals surface area contributed by atoms with Crippen LogP contribution in [0.5, 0.6) is 0 Å². The van der Waals surface area contributed by atoms with E-state index in [0.717, 1.165) is 0 Å². The average Bonchev–Trinajstić information content (AvgIpc) is 2.32. The fraction of sp³-hybridized carbons (Fsp3) is 0.462. The van der Waals surface area contributed by atoms with Gasteiger partial charge in [-0.1, -0.05) is 18.5 Å². The van der Waals surface area contributed by atoms with Crippen molar-refractivity contribution in [2.45, 2.75) is 13.5 Å². The van der Waals surface area contributed by atoms with Crippen molar-refractivity contribution in [3.05, 3.63) is 34.6 Å². The predicted molar refractivity (Wildman–Crippen MR) is 68.9 cm³/mol. The van der Waals surface area contributed by atoms with Crippen LogP contribution in [0.2, 0.25) is 5.02 Å². The van der Waals surface area contributed by atoms with Crippen LogP contribution in [0.25, 0.3) is 0 Å². The highest BCUT2D eigenvalue weighted by atomic mass is 35.5. The molecule has 0 saturated heterocycles. The minimum absolute atomic E-state index is 0.229. The average molecular weight is 274 g/mol. The maximum absolute atomic E-state index is 13.1. The number of benzene rings is 1. The number of nitrogens with zero attached hydrogens (tertiary/aromatic N) is 1. The van der Waals surface area contributed by atoms with E-state index in [1.165, 1.54) is 25.3 Å². The molecule has 5 heteroatoms. The van der Waals surface area contributed by atoms with Crippen molar-refractivity contribution in [2.75, 3.05) is 20.7 Å². The van der Waals surface area contributed by atoms with Gasteiger partial charge in [-0.3, -0.25) is 4.79 Å². The second-order valence-electron chi connectivity index (χ2n) is 4.36. The molecule has 0 aromatic heterocycles. The van der Waals surface area contributed by atoms with Gasteiger partial charge in [0, 0.05) is 18.1 Å². The van der Waals surface area contributed by atoms with Gasteiger partial charge in [0.15, 0.2) is 0 Å². The zero-order chi connectivity index (χ0) is 13.7. The number of carbonyl (C=O) groups excluding carboxylic acids is 1. The van der Waals surface area contributed by atoms with Crippen LogP contribution >= 0.6 is 11.6 Å². The summed E-state index contributed by atoms with van der Waals surface area (Å²) in [5.74, 6) is -0.802. The Bertz CT molecular complexity index is 425. The van der Waals surface area contributed by atoms with Crippen molar-refractivity contribution in [1.82, 2.24) is 4.90 Å². The van der Waals surface area contributed by atoms with Crippen LogP contribution in [0.1, 0.15) is 12.5 Å². The first-order chi connectivity index (χ1) is 8.43. The van der Waals surface area contributed by atoms with E-state index >= 15 is 0 Å². The van der Waals surface area contributed by atoms with E-state index in [2.05, 4.69) is 4.74 Å². The van der Waals surface area contributed by atoms with Gasteiger partial charge < -0.3 is 9.64 Å². The van der Waals surface area contributed by atoms with E-state index in [0.29, 0.717) is 23.7 Å². The molecule has 0 heterocycles. The highest BCUT2D eigenvalue weighted by Gasteiger charge is 2.16. The third kappa shape index (κ3) is 4.27. The van der Waals surface area contributed by atoms with E-state index < -0.39 is 0 Å². The van der Waals surface area contributed by atoms with Crippen LogP contribution in [-0.2, 0) is 16.1 Å². The molecule has 0 fully saturated rings. The highest BCUT2D eigenvalue weighted by molar-refractivity contribution is 6.31. The lowest BCUT2D eigenvalue weighted by molar-refractivity contribution is -0.145. The molecule has 0 amide bonds. The molecule has 0 bridgehead atoms. The number of ether oxygens (including phenoxy) is 1. The van der Waals surface area contributed by atoms with Gasteiger partial charge in [0.2, 0.25) is 0 Å². The summed E-state index contributed by atoms with van der Waals surface area (Å²) in [6.07, 6.45) is 0. The summed E-state index contributed by atoms with van der Waals surface area (Å²) in [5, 5.41) is 0.522. The lowest BCUT2D eigenvalue weighted by Gasteiger charge is -2.20. The van der Waals surface area contributed by atoms with Crippen molar-refractivity contribution in [2.24, 2.45) is 5.92 Å². The summed E-state index contributed by atoms with van der Waals surface area (Å²) < 4.78 is 17.7. The van der Waals surface area contributed by atoms with E-state index in [1.807, 2.05) is 11.9 Å². The number of rotatable bonds is 5. The molecule has 0 saturated carbocycles. The minimum atomic E-state index is -0.316. The lowest BCUT2D eigenvalue weighted by atomic mass is 10.1. The van der Waals surface area contributed by atoms with Crippen LogP contribution in [0.15, 0.2) is 18.2 Å². The van der Waals surface area contributed by atoms with Gasteiger partial charge >= 0.3 is 5.97 Å². The number of hydrogen-bond acceptors (Lipinski definition) is 3. The molecular formula is C13H17ClFNO2. The van der Waals surface area contributed by atoms with Gasteiger partial charge in [-0.2, -0.15) is 0 Å². The molecule has 3 nitrogen and oxygen atoms in total. The Balaban J connectivity index is 2.61. The Morgan fingerprint density at radius 3 is 2.83 bits per heavy atom. The van der Waals surface area contributed by atoms with Crippen LogP contribution in [0.4, 0.5) is 4.39 Å². The van der Waals surface area contributed by atoms with Crippen LogP contribution in [0, 0.1) is 11.7 Å². The summed E-state index contributed by atoms with van der Waals surface area (Å²) in [4.78, 5) is 13.2. The van der Waals surface area contributed by atoms with Gasteiger partial charge in [0.25, 0.3) is 0 Å². The van der Waals surface area contributed by atoms with E-state index in [1.54, 1.807) is 6.92 Å². The molecule has 1 atom stereocenters. The third-order valence-corrected chi connectivity index (χ3v) is 3.01. The van der Waals surface area contributed by atoms with E-state index in [4.69, 9.17) is 11.6 Å². The summed E-state index contributed by atoms with van der Waals surface area (Å²) in [7, 11) is 3.21. The maximum Gasteiger partial charge on any atom is 0.309 e. The molecule has 1 aromatic rings. The number of halogens is 2. The quantitative estimate of drug-likeness (QED) is 0.773. The SMILES string of the molecule is COC(=O)C(C)CN(C)Cc1cc(F)ccc1Cl. The molecule has 0 aliphatic carbocycles. The molecule has 0 aliphatic heterocycles. The van der Waals surface area contributed by atoms with Gasteiger partial charge in [-0.05, 0) is 30.8 Å². The Hall–Kier alpha value is -1.13. The summed E-state index contributed by atoms with van der Waals surface area (Å²) in [5.41, 5.74) is 0.705. The molecule has 0 aliphatic rings. The zero-order valence-electron chi connectivity index (χ0n) is 10.7. The molecule has 18 heavy (non-hydrogen) atoms. The number of methoxy groups -OCH3 is 1. The van der Waals surface area contributed by atoms with Crippen LogP contribution in [0.3, 0.4) is 0 Å². The predicted octanol–water partition coefficient (Wildman–Crippen LogP) is 2.72. The molecule has 1 unspecified atom stereocenters. The van der Waals surface area contributed by atoms with Crippen LogP contribution in [-0.4, -0.2) is 31.6 Å². The highest BCUT2D eigenvalue weighted by Crippen LogP contribution is 2.18. The van der Waals surface area contributed by atoms with Gasteiger partial charge in [-0.15, -0.1) is 0 Å². The normalized spacial score (nSPS) is 12.6. The second-order valence-corrected chi connectivity index (χ2v) is 4.76. The maximum atomic E-state index is 13.1. The first-order valence-electron chi connectivity index (χ1n) is 5.64. The lowest BCUT2D eigenvalue weighted by Crippen LogP contribution is -2.29. The molecule has 0 radical (unpaired) electrons. The number of hydrogen-bond donors (Lipinski definition) is 0. The summed E-state index contributed by atoms with van der Waals surface area (Å²) in [6, 6.07) is 4.26. The van der Waals surface area contributed by atoms with Crippen molar-refractivity contribution in [3.8, 4) is 0 Å². The van der Waals surface area contributed by atoms with Crippen molar-refractivity contribution in [1.29, 1.82) is 0 Å². The molecular weight excluding hydrogens is 257 g/mol. The molecule has 0 spiro atoms. The van der Waals surface area contributed by atoms with Crippen molar-refractivity contribution in [3.63, 3.8) is 0 Å². The first kappa shape index (κ1) is 14.9. The van der Waals surface area contributed by atoms with E-state index in [-0.39, 0.29) is 17.7 Å². The Labute approximate surface area is 111 Å². The second kappa shape index (κ2) is 6.71. The van der Waals surface area contributed by atoms with Gasteiger partial charge in [0.1, 0.15) is 5.82 Å². The van der Waals surface area contributed by atoms with Crippen LogP contribution < -0.4 is 0 Å². The van der Waals surface area contributed by atoms with E-state index in [9.17, 15) is 9.18 Å². The Morgan fingerprint density at radius 1 is 1.56 bits per heavy atom. The largest absolute Gasteiger partial charge is 0.469 e. The van der Waals surface area contributed by atoms with Gasteiger partial charge in [0.05, 0.1) is 13.0 Å². The standard InChI is InChI=1S/C13H17ClFNO2/c1-9(13(17)18-3)7-16(2)8-10-6-11(15)4-5-12(10)14/h4-6,9H,7-8H2,1-3H3. The monoisotopic (exact) mass is 273 g/mol. The molecule has 1 rings (SSSR count). The topological polar surface area (TPSA) is 29.5 Å². The summed E-state index contributed by atoms with van der Waals surface area (Å²) >= 11 is 5.98. The minimum Gasteiger partial charge on any atom is -0.469 e. The Kier molecular flexibility index (Phi) is 5.56. The number of esters is 1. The fourth-order valence-electron chi connectivity index (χ4n) is 1.76. The summed E-state index contributed by atoms with van der Waals surface area (Å²) in [6.45, 7) is 2.80. The smallest absolute Gasteiger partial charge is 0.309 e. The van der Waals surface area contributed by atoms with Gasteiger partial charge in [-0.25, -0.2) is 4.39 Å². The molecule has 100 valence electrons. The molecule has 0 N–H and O–H groups in total. The molecule has 1 aromatic carbocycles. The third-order valence-electron chi connectivity index (χ3n) is 2.64. The fourth-order valence-corrected chi connectivity index (χ4v) is 1.94.